The SMILES string of the molecule is CN(c1cccc(F)c1)c1nc(CN)cs1. The maximum Gasteiger partial charge on any atom is 0.189 e. The summed E-state index contributed by atoms with van der Waals surface area (Å²) in [6.45, 7) is 0.424. The predicted octanol–water partition coefficient (Wildman–Crippen LogP) is 2.51. The Bertz CT molecular complexity index is 484. The second-order valence-electron chi connectivity index (χ2n) is 3.36. The Morgan fingerprint density at radius 2 is 2.31 bits per heavy atom. The number of benzene rings is 1. The normalized spacial score (nSPS) is 10.4. The Hall–Kier alpha value is -1.46. The maximum atomic E-state index is 13.1. The third-order valence-corrected chi connectivity index (χ3v) is 3.20. The fourth-order valence-corrected chi connectivity index (χ4v) is 2.16. The molecule has 1 heterocycles. The zero-order chi connectivity index (χ0) is 11.5. The molecule has 0 unspecified atom stereocenters. The van der Waals surface area contributed by atoms with Crippen molar-refractivity contribution in [1.82, 2.24) is 4.98 Å². The fourth-order valence-electron chi connectivity index (χ4n) is 1.34. The van der Waals surface area contributed by atoms with Crippen molar-refractivity contribution < 1.29 is 4.39 Å². The first kappa shape index (κ1) is 11.0. The Morgan fingerprint density at radius 3 is 2.94 bits per heavy atom. The minimum Gasteiger partial charge on any atom is -0.325 e. The molecule has 1 aromatic heterocycles. The van der Waals surface area contributed by atoms with Crippen LogP contribution in [0.4, 0.5) is 15.2 Å². The van der Waals surface area contributed by atoms with E-state index in [1.54, 1.807) is 6.07 Å². The molecular formula is C11H12FN3S. The molecular weight excluding hydrogens is 225 g/mol. The minimum atomic E-state index is -0.250. The van der Waals surface area contributed by atoms with Gasteiger partial charge in [0.25, 0.3) is 0 Å². The van der Waals surface area contributed by atoms with E-state index in [1.807, 2.05) is 23.4 Å². The van der Waals surface area contributed by atoms with E-state index in [4.69, 9.17) is 5.73 Å². The van der Waals surface area contributed by atoms with Crippen LogP contribution in [0.1, 0.15) is 5.69 Å². The van der Waals surface area contributed by atoms with Crippen molar-refractivity contribution in [2.45, 2.75) is 6.54 Å². The summed E-state index contributed by atoms with van der Waals surface area (Å²) in [4.78, 5) is 6.17. The third kappa shape index (κ3) is 2.20. The number of thiazole rings is 1. The van der Waals surface area contributed by atoms with Gasteiger partial charge in [-0.2, -0.15) is 0 Å². The first-order chi connectivity index (χ1) is 7.70. The van der Waals surface area contributed by atoms with Gasteiger partial charge in [-0.1, -0.05) is 6.07 Å². The summed E-state index contributed by atoms with van der Waals surface area (Å²) in [5.74, 6) is -0.250. The van der Waals surface area contributed by atoms with Gasteiger partial charge in [0.15, 0.2) is 5.13 Å². The quantitative estimate of drug-likeness (QED) is 0.891. The summed E-state index contributed by atoms with van der Waals surface area (Å²) < 4.78 is 13.1. The van der Waals surface area contributed by atoms with Crippen molar-refractivity contribution in [2.75, 3.05) is 11.9 Å². The molecule has 84 valence electrons. The van der Waals surface area contributed by atoms with Crippen LogP contribution in [0.25, 0.3) is 0 Å². The Balaban J connectivity index is 2.27. The van der Waals surface area contributed by atoms with E-state index >= 15 is 0 Å². The molecule has 2 rings (SSSR count). The number of rotatable bonds is 3. The molecule has 0 fully saturated rings. The van der Waals surface area contributed by atoms with Gasteiger partial charge in [0.05, 0.1) is 5.69 Å². The Labute approximate surface area is 97.3 Å². The molecule has 0 saturated heterocycles. The molecule has 16 heavy (non-hydrogen) atoms. The smallest absolute Gasteiger partial charge is 0.189 e. The van der Waals surface area contributed by atoms with E-state index in [9.17, 15) is 4.39 Å². The van der Waals surface area contributed by atoms with Gasteiger partial charge in [-0.05, 0) is 18.2 Å². The van der Waals surface area contributed by atoms with Crippen LogP contribution >= 0.6 is 11.3 Å². The van der Waals surface area contributed by atoms with Gasteiger partial charge in [0.1, 0.15) is 5.82 Å². The van der Waals surface area contributed by atoms with Gasteiger partial charge < -0.3 is 10.6 Å². The highest BCUT2D eigenvalue weighted by molar-refractivity contribution is 7.13. The summed E-state index contributed by atoms with van der Waals surface area (Å²) in [6, 6.07) is 6.42. The third-order valence-electron chi connectivity index (χ3n) is 2.23. The average molecular weight is 237 g/mol. The summed E-state index contributed by atoms with van der Waals surface area (Å²) in [5, 5.41) is 2.72. The first-order valence-electron chi connectivity index (χ1n) is 4.84. The lowest BCUT2D eigenvalue weighted by molar-refractivity contribution is 0.628. The molecule has 0 saturated carbocycles. The standard InChI is InChI=1S/C11H12FN3S/c1-15(10-4-2-3-8(12)5-10)11-14-9(6-13)7-16-11/h2-5,7H,6,13H2,1H3. The monoisotopic (exact) mass is 237 g/mol. The molecule has 0 spiro atoms. The molecule has 1 aromatic carbocycles. The van der Waals surface area contributed by atoms with Crippen LogP contribution in [0.5, 0.6) is 0 Å². The summed E-state index contributed by atoms with van der Waals surface area (Å²) >= 11 is 1.50. The first-order valence-corrected chi connectivity index (χ1v) is 5.72. The van der Waals surface area contributed by atoms with E-state index in [2.05, 4.69) is 4.98 Å². The van der Waals surface area contributed by atoms with Crippen LogP contribution in [0.3, 0.4) is 0 Å². The van der Waals surface area contributed by atoms with Crippen molar-refractivity contribution >= 4 is 22.2 Å². The molecule has 2 aromatic rings. The lowest BCUT2D eigenvalue weighted by Crippen LogP contribution is -2.09. The van der Waals surface area contributed by atoms with Crippen LogP contribution in [-0.4, -0.2) is 12.0 Å². The molecule has 0 radical (unpaired) electrons. The van der Waals surface area contributed by atoms with E-state index in [1.165, 1.54) is 23.5 Å². The highest BCUT2D eigenvalue weighted by atomic mass is 32.1. The van der Waals surface area contributed by atoms with Gasteiger partial charge in [-0.25, -0.2) is 9.37 Å². The van der Waals surface area contributed by atoms with Gasteiger partial charge in [0.2, 0.25) is 0 Å². The Morgan fingerprint density at radius 1 is 1.50 bits per heavy atom. The van der Waals surface area contributed by atoms with Gasteiger partial charge in [-0.3, -0.25) is 0 Å². The largest absolute Gasteiger partial charge is 0.325 e. The molecule has 5 heteroatoms. The van der Waals surface area contributed by atoms with Gasteiger partial charge in [0, 0.05) is 24.7 Å². The number of hydrogen-bond acceptors (Lipinski definition) is 4. The molecule has 3 nitrogen and oxygen atoms in total. The topological polar surface area (TPSA) is 42.2 Å². The lowest BCUT2D eigenvalue weighted by Gasteiger charge is -2.15. The second kappa shape index (κ2) is 4.59. The summed E-state index contributed by atoms with van der Waals surface area (Å²) in [6.07, 6.45) is 0. The molecule has 2 N–H and O–H groups in total. The second-order valence-corrected chi connectivity index (χ2v) is 4.20. The Kier molecular flexibility index (Phi) is 3.17. The zero-order valence-corrected chi connectivity index (χ0v) is 9.67. The number of nitrogens with zero attached hydrogens (tertiary/aromatic N) is 2. The van der Waals surface area contributed by atoms with E-state index in [-0.39, 0.29) is 5.82 Å². The minimum absolute atomic E-state index is 0.250. The fraction of sp³-hybridized carbons (Fsp3) is 0.182. The van der Waals surface area contributed by atoms with Crippen LogP contribution in [0.2, 0.25) is 0 Å². The molecule has 0 atom stereocenters. The number of nitrogens with two attached hydrogens (primary N) is 1. The zero-order valence-electron chi connectivity index (χ0n) is 8.85. The van der Waals surface area contributed by atoms with E-state index in [0.717, 1.165) is 16.5 Å². The van der Waals surface area contributed by atoms with Crippen molar-refractivity contribution in [3.8, 4) is 0 Å². The number of aromatic nitrogens is 1. The van der Waals surface area contributed by atoms with Crippen LogP contribution in [0.15, 0.2) is 29.6 Å². The molecule has 0 bridgehead atoms. The molecule has 0 aliphatic heterocycles. The highest BCUT2D eigenvalue weighted by Crippen LogP contribution is 2.26. The van der Waals surface area contributed by atoms with Crippen molar-refractivity contribution in [1.29, 1.82) is 0 Å². The van der Waals surface area contributed by atoms with Crippen molar-refractivity contribution in [3.05, 3.63) is 41.2 Å². The molecule has 0 aliphatic carbocycles. The lowest BCUT2D eigenvalue weighted by atomic mass is 10.3. The maximum absolute atomic E-state index is 13.1. The number of anilines is 2. The van der Waals surface area contributed by atoms with Crippen molar-refractivity contribution in [3.63, 3.8) is 0 Å². The van der Waals surface area contributed by atoms with Gasteiger partial charge >= 0.3 is 0 Å². The molecule has 0 aliphatic rings. The van der Waals surface area contributed by atoms with E-state index in [0.29, 0.717) is 6.54 Å². The van der Waals surface area contributed by atoms with Crippen LogP contribution in [-0.2, 0) is 6.54 Å². The molecule has 0 amide bonds. The average Bonchev–Trinajstić information content (AvgIpc) is 2.76. The predicted molar refractivity (Wildman–Crippen MR) is 64.5 cm³/mol. The summed E-state index contributed by atoms with van der Waals surface area (Å²) in [7, 11) is 1.86. The van der Waals surface area contributed by atoms with Crippen LogP contribution < -0.4 is 10.6 Å². The summed E-state index contributed by atoms with van der Waals surface area (Å²) in [5.41, 5.74) is 7.12. The van der Waals surface area contributed by atoms with E-state index < -0.39 is 0 Å². The van der Waals surface area contributed by atoms with Crippen LogP contribution in [0, 0.1) is 5.82 Å². The van der Waals surface area contributed by atoms with Crippen molar-refractivity contribution in [2.24, 2.45) is 5.73 Å². The highest BCUT2D eigenvalue weighted by Gasteiger charge is 2.08. The number of hydrogen-bond donors (Lipinski definition) is 1. The van der Waals surface area contributed by atoms with Gasteiger partial charge in [-0.15, -0.1) is 11.3 Å². The number of halogens is 1.